The SMILES string of the molecule is O=C(COc1cccc(Cl)c1)N1CCN(c2cc[nH+]cc2)CC1. The lowest BCUT2D eigenvalue weighted by Crippen LogP contribution is -2.50. The van der Waals surface area contributed by atoms with Gasteiger partial charge in [-0.1, -0.05) is 17.7 Å². The lowest BCUT2D eigenvalue weighted by molar-refractivity contribution is -0.377. The molecular weight excluding hydrogens is 314 g/mol. The molecule has 0 saturated carbocycles. The number of ether oxygens (including phenoxy) is 1. The van der Waals surface area contributed by atoms with Crippen LogP contribution in [0.4, 0.5) is 5.69 Å². The van der Waals surface area contributed by atoms with E-state index >= 15 is 0 Å². The van der Waals surface area contributed by atoms with E-state index in [4.69, 9.17) is 16.3 Å². The van der Waals surface area contributed by atoms with Crippen LogP contribution in [0.1, 0.15) is 0 Å². The summed E-state index contributed by atoms with van der Waals surface area (Å²) in [6.45, 7) is 3.10. The molecule has 0 spiro atoms. The van der Waals surface area contributed by atoms with Gasteiger partial charge in [-0.2, -0.15) is 0 Å². The molecule has 1 fully saturated rings. The normalized spacial score (nSPS) is 14.7. The van der Waals surface area contributed by atoms with E-state index in [-0.39, 0.29) is 12.5 Å². The molecule has 0 radical (unpaired) electrons. The first kappa shape index (κ1) is 15.6. The first-order chi connectivity index (χ1) is 11.2. The van der Waals surface area contributed by atoms with Gasteiger partial charge in [-0.05, 0) is 18.2 Å². The van der Waals surface area contributed by atoms with E-state index in [1.54, 1.807) is 24.3 Å². The number of carbonyl (C=O) groups is 1. The molecule has 23 heavy (non-hydrogen) atoms. The van der Waals surface area contributed by atoms with Gasteiger partial charge in [0.15, 0.2) is 19.0 Å². The van der Waals surface area contributed by atoms with E-state index in [2.05, 4.69) is 9.88 Å². The van der Waals surface area contributed by atoms with Gasteiger partial charge in [0.2, 0.25) is 0 Å². The molecule has 0 atom stereocenters. The number of carbonyl (C=O) groups excluding carboxylic acids is 1. The minimum absolute atomic E-state index is 0.00557. The fourth-order valence-corrected chi connectivity index (χ4v) is 2.78. The highest BCUT2D eigenvalue weighted by molar-refractivity contribution is 6.30. The molecule has 1 N–H and O–H groups in total. The predicted molar refractivity (Wildman–Crippen MR) is 88.7 cm³/mol. The molecular formula is C17H19ClN3O2+. The highest BCUT2D eigenvalue weighted by Crippen LogP contribution is 2.18. The summed E-state index contributed by atoms with van der Waals surface area (Å²) < 4.78 is 5.52. The lowest BCUT2D eigenvalue weighted by Gasteiger charge is -2.35. The van der Waals surface area contributed by atoms with E-state index in [0.29, 0.717) is 23.9 Å². The van der Waals surface area contributed by atoms with Crippen LogP contribution in [0.25, 0.3) is 0 Å². The van der Waals surface area contributed by atoms with Gasteiger partial charge in [0.05, 0.1) is 0 Å². The average molecular weight is 333 g/mol. The van der Waals surface area contributed by atoms with Crippen molar-refractivity contribution in [2.75, 3.05) is 37.7 Å². The number of rotatable bonds is 4. The van der Waals surface area contributed by atoms with E-state index < -0.39 is 0 Å². The van der Waals surface area contributed by atoms with Crippen molar-refractivity contribution in [2.24, 2.45) is 0 Å². The van der Waals surface area contributed by atoms with E-state index in [1.165, 1.54) is 5.69 Å². The quantitative estimate of drug-likeness (QED) is 0.859. The molecule has 0 bridgehead atoms. The highest BCUT2D eigenvalue weighted by atomic mass is 35.5. The van der Waals surface area contributed by atoms with E-state index in [9.17, 15) is 4.79 Å². The van der Waals surface area contributed by atoms with Crippen molar-refractivity contribution in [2.45, 2.75) is 0 Å². The van der Waals surface area contributed by atoms with Crippen molar-refractivity contribution in [3.8, 4) is 5.75 Å². The van der Waals surface area contributed by atoms with Crippen molar-refractivity contribution >= 4 is 23.2 Å². The van der Waals surface area contributed by atoms with Gasteiger partial charge in [0, 0.05) is 49.0 Å². The molecule has 5 nitrogen and oxygen atoms in total. The van der Waals surface area contributed by atoms with Gasteiger partial charge in [-0.15, -0.1) is 0 Å². The summed E-state index contributed by atoms with van der Waals surface area (Å²) in [7, 11) is 0. The fourth-order valence-electron chi connectivity index (χ4n) is 2.60. The Balaban J connectivity index is 1.48. The number of aromatic nitrogens is 1. The van der Waals surface area contributed by atoms with Gasteiger partial charge in [0.25, 0.3) is 5.91 Å². The summed E-state index contributed by atoms with van der Waals surface area (Å²) in [5, 5.41) is 0.601. The molecule has 2 heterocycles. The Kier molecular flexibility index (Phi) is 4.98. The van der Waals surface area contributed by atoms with Crippen molar-refractivity contribution < 1.29 is 14.5 Å². The number of anilines is 1. The average Bonchev–Trinajstić information content (AvgIpc) is 2.61. The topological polar surface area (TPSA) is 46.9 Å². The first-order valence-corrected chi connectivity index (χ1v) is 7.97. The highest BCUT2D eigenvalue weighted by Gasteiger charge is 2.21. The molecule has 1 amide bonds. The summed E-state index contributed by atoms with van der Waals surface area (Å²) in [4.78, 5) is 19.4. The van der Waals surface area contributed by atoms with Crippen molar-refractivity contribution in [3.63, 3.8) is 0 Å². The third kappa shape index (κ3) is 4.13. The monoisotopic (exact) mass is 332 g/mol. The molecule has 0 aliphatic carbocycles. The molecule has 1 aromatic heterocycles. The Morgan fingerprint density at radius 3 is 2.57 bits per heavy atom. The van der Waals surface area contributed by atoms with Crippen LogP contribution >= 0.6 is 11.6 Å². The number of H-pyrrole nitrogens is 1. The summed E-state index contributed by atoms with van der Waals surface area (Å²) in [5.74, 6) is 0.621. The van der Waals surface area contributed by atoms with Crippen LogP contribution < -0.4 is 14.6 Å². The molecule has 3 rings (SSSR count). The maximum absolute atomic E-state index is 12.2. The van der Waals surface area contributed by atoms with Gasteiger partial charge < -0.3 is 14.5 Å². The minimum atomic E-state index is 0.00557. The number of nitrogens with zero attached hydrogens (tertiary/aromatic N) is 2. The number of amides is 1. The third-order valence-corrected chi connectivity index (χ3v) is 4.09. The van der Waals surface area contributed by atoms with E-state index in [0.717, 1.165) is 13.1 Å². The summed E-state index contributed by atoms with van der Waals surface area (Å²) >= 11 is 5.90. The predicted octanol–water partition coefficient (Wildman–Crippen LogP) is 1.88. The number of halogens is 1. The minimum Gasteiger partial charge on any atom is -0.484 e. The van der Waals surface area contributed by atoms with Crippen LogP contribution in [0.3, 0.4) is 0 Å². The molecule has 2 aromatic rings. The van der Waals surface area contributed by atoms with Gasteiger partial charge in [-0.3, -0.25) is 4.79 Å². The van der Waals surface area contributed by atoms with Gasteiger partial charge >= 0.3 is 0 Å². The Morgan fingerprint density at radius 1 is 1.13 bits per heavy atom. The van der Waals surface area contributed by atoms with Crippen LogP contribution in [-0.4, -0.2) is 43.6 Å². The Morgan fingerprint density at radius 2 is 1.87 bits per heavy atom. The zero-order valence-corrected chi connectivity index (χ0v) is 13.5. The molecule has 0 unspecified atom stereocenters. The number of benzene rings is 1. The summed E-state index contributed by atoms with van der Waals surface area (Å²) in [6, 6.07) is 11.2. The molecule has 1 aromatic carbocycles. The van der Waals surface area contributed by atoms with Crippen molar-refractivity contribution in [1.29, 1.82) is 0 Å². The Hall–Kier alpha value is -2.27. The second kappa shape index (κ2) is 7.33. The van der Waals surface area contributed by atoms with Crippen LogP contribution in [0.2, 0.25) is 5.02 Å². The third-order valence-electron chi connectivity index (χ3n) is 3.86. The number of aromatic amines is 1. The molecule has 1 aliphatic heterocycles. The van der Waals surface area contributed by atoms with Crippen LogP contribution in [-0.2, 0) is 4.79 Å². The maximum atomic E-state index is 12.2. The number of hydrogen-bond acceptors (Lipinski definition) is 3. The lowest BCUT2D eigenvalue weighted by atomic mass is 10.2. The molecule has 120 valence electrons. The standard InChI is InChI=1S/C17H18ClN3O2/c18-14-2-1-3-16(12-14)23-13-17(22)21-10-8-20(9-11-21)15-4-6-19-7-5-15/h1-7,12H,8-11,13H2/p+1. The Bertz CT molecular complexity index is 658. The zero-order valence-electron chi connectivity index (χ0n) is 12.7. The van der Waals surface area contributed by atoms with Crippen LogP contribution in [0.15, 0.2) is 48.8 Å². The van der Waals surface area contributed by atoms with E-state index in [1.807, 2.05) is 29.4 Å². The van der Waals surface area contributed by atoms with Crippen molar-refractivity contribution in [3.05, 3.63) is 53.8 Å². The molecule has 1 aliphatic rings. The number of piperazine rings is 1. The largest absolute Gasteiger partial charge is 0.484 e. The maximum Gasteiger partial charge on any atom is 0.260 e. The van der Waals surface area contributed by atoms with Crippen molar-refractivity contribution in [1.82, 2.24) is 4.90 Å². The first-order valence-electron chi connectivity index (χ1n) is 7.59. The second-order valence-electron chi connectivity index (χ2n) is 5.37. The van der Waals surface area contributed by atoms with Gasteiger partial charge in [-0.25, -0.2) is 4.98 Å². The zero-order chi connectivity index (χ0) is 16.1. The molecule has 1 saturated heterocycles. The van der Waals surface area contributed by atoms with Crippen LogP contribution in [0.5, 0.6) is 5.75 Å². The number of pyridine rings is 1. The van der Waals surface area contributed by atoms with Crippen LogP contribution in [0, 0.1) is 0 Å². The molecule has 6 heteroatoms. The smallest absolute Gasteiger partial charge is 0.260 e. The fraction of sp³-hybridized carbons (Fsp3) is 0.294. The summed E-state index contributed by atoms with van der Waals surface area (Å²) in [6.07, 6.45) is 3.82. The number of nitrogens with one attached hydrogen (secondary N) is 1. The summed E-state index contributed by atoms with van der Waals surface area (Å²) in [5.41, 5.74) is 1.17. The Labute approximate surface area is 140 Å². The van der Waals surface area contributed by atoms with Gasteiger partial charge in [0.1, 0.15) is 5.75 Å². The number of hydrogen-bond donors (Lipinski definition) is 0. The second-order valence-corrected chi connectivity index (χ2v) is 5.81.